The van der Waals surface area contributed by atoms with Crippen molar-refractivity contribution in [1.82, 2.24) is 0 Å². The molecule has 0 saturated carbocycles. The number of rotatable bonds is 6. The Hall–Kier alpha value is -1.22. The average molecular weight is 257 g/mol. The minimum atomic E-state index is -0.787. The van der Waals surface area contributed by atoms with Gasteiger partial charge in [0, 0.05) is 12.0 Å². The van der Waals surface area contributed by atoms with E-state index in [4.69, 9.17) is 21.4 Å². The Labute approximate surface area is 106 Å². The minimum absolute atomic E-state index is 0.150. The van der Waals surface area contributed by atoms with Crippen molar-refractivity contribution >= 4 is 17.6 Å². The lowest BCUT2D eigenvalue weighted by molar-refractivity contribution is -0.137. The van der Waals surface area contributed by atoms with Crippen LogP contribution < -0.4 is 4.74 Å². The standard InChI is InChI=1S/C13H17ClO3/c1-9-6-7-12(17-2)10(8-9)11(14)4-3-5-13(15)16/h6-8,11H,3-5H2,1-2H3,(H,15,16). The van der Waals surface area contributed by atoms with Gasteiger partial charge in [-0.2, -0.15) is 0 Å². The molecule has 0 amide bonds. The van der Waals surface area contributed by atoms with E-state index in [0.717, 1.165) is 16.9 Å². The van der Waals surface area contributed by atoms with E-state index in [1.165, 1.54) is 0 Å². The van der Waals surface area contributed by atoms with Gasteiger partial charge in [0.05, 0.1) is 12.5 Å². The molecule has 0 spiro atoms. The molecule has 0 bridgehead atoms. The number of methoxy groups -OCH3 is 1. The maximum absolute atomic E-state index is 10.4. The second-order valence-corrected chi connectivity index (χ2v) is 4.53. The molecule has 0 fully saturated rings. The lowest BCUT2D eigenvalue weighted by Crippen LogP contribution is -1.99. The fourth-order valence-corrected chi connectivity index (χ4v) is 2.01. The Morgan fingerprint density at radius 1 is 1.53 bits per heavy atom. The number of carbonyl (C=O) groups is 1. The summed E-state index contributed by atoms with van der Waals surface area (Å²) < 4.78 is 5.25. The van der Waals surface area contributed by atoms with Gasteiger partial charge in [-0.3, -0.25) is 4.79 Å². The van der Waals surface area contributed by atoms with E-state index in [-0.39, 0.29) is 11.8 Å². The van der Waals surface area contributed by atoms with E-state index in [0.29, 0.717) is 12.8 Å². The van der Waals surface area contributed by atoms with Gasteiger partial charge in [-0.05, 0) is 25.8 Å². The summed E-state index contributed by atoms with van der Waals surface area (Å²) in [5, 5.41) is 8.37. The quantitative estimate of drug-likeness (QED) is 0.792. The monoisotopic (exact) mass is 256 g/mol. The summed E-state index contributed by atoms with van der Waals surface area (Å²) in [6.07, 6.45) is 1.35. The van der Waals surface area contributed by atoms with Crippen LogP contribution in [-0.2, 0) is 4.79 Å². The highest BCUT2D eigenvalue weighted by molar-refractivity contribution is 6.21. The van der Waals surface area contributed by atoms with Gasteiger partial charge in [-0.25, -0.2) is 0 Å². The molecule has 1 N–H and O–H groups in total. The summed E-state index contributed by atoms with van der Waals surface area (Å²) in [6, 6.07) is 5.83. The van der Waals surface area contributed by atoms with Gasteiger partial charge in [0.25, 0.3) is 0 Å². The second kappa shape index (κ2) is 6.50. The molecular formula is C13H17ClO3. The zero-order valence-electron chi connectivity index (χ0n) is 10.1. The maximum Gasteiger partial charge on any atom is 0.303 e. The predicted octanol–water partition coefficient (Wildman–Crippen LogP) is 3.54. The molecule has 0 heterocycles. The molecule has 0 saturated heterocycles. The van der Waals surface area contributed by atoms with Crippen LogP contribution in [0.1, 0.15) is 35.8 Å². The normalized spacial score (nSPS) is 12.2. The third-order valence-electron chi connectivity index (χ3n) is 2.57. The smallest absolute Gasteiger partial charge is 0.303 e. The molecule has 0 radical (unpaired) electrons. The summed E-state index contributed by atoms with van der Waals surface area (Å²) in [4.78, 5) is 10.4. The molecule has 4 heteroatoms. The topological polar surface area (TPSA) is 46.5 Å². The van der Waals surface area contributed by atoms with Crippen molar-refractivity contribution in [2.24, 2.45) is 0 Å². The molecule has 3 nitrogen and oxygen atoms in total. The number of benzene rings is 1. The average Bonchev–Trinajstić information content (AvgIpc) is 2.28. The summed E-state index contributed by atoms with van der Waals surface area (Å²) in [7, 11) is 1.61. The van der Waals surface area contributed by atoms with Crippen LogP contribution in [0.15, 0.2) is 18.2 Å². The van der Waals surface area contributed by atoms with Crippen LogP contribution in [0.4, 0.5) is 0 Å². The van der Waals surface area contributed by atoms with Crippen LogP contribution in [0.2, 0.25) is 0 Å². The Morgan fingerprint density at radius 2 is 2.24 bits per heavy atom. The molecule has 17 heavy (non-hydrogen) atoms. The zero-order chi connectivity index (χ0) is 12.8. The molecular weight excluding hydrogens is 240 g/mol. The molecule has 1 aromatic carbocycles. The number of aryl methyl sites for hydroxylation is 1. The van der Waals surface area contributed by atoms with Gasteiger partial charge in [0.2, 0.25) is 0 Å². The second-order valence-electron chi connectivity index (χ2n) is 4.00. The minimum Gasteiger partial charge on any atom is -0.496 e. The van der Waals surface area contributed by atoms with Crippen molar-refractivity contribution < 1.29 is 14.6 Å². The summed E-state index contributed by atoms with van der Waals surface area (Å²) >= 11 is 6.27. The molecule has 1 atom stereocenters. The van der Waals surface area contributed by atoms with Gasteiger partial charge in [-0.1, -0.05) is 17.7 Å². The van der Waals surface area contributed by atoms with E-state index < -0.39 is 5.97 Å². The van der Waals surface area contributed by atoms with Crippen molar-refractivity contribution in [3.05, 3.63) is 29.3 Å². The predicted molar refractivity (Wildman–Crippen MR) is 67.8 cm³/mol. The Kier molecular flexibility index (Phi) is 5.29. The lowest BCUT2D eigenvalue weighted by Gasteiger charge is -2.14. The van der Waals surface area contributed by atoms with E-state index in [1.54, 1.807) is 7.11 Å². The molecule has 1 rings (SSSR count). The number of hydrogen-bond acceptors (Lipinski definition) is 2. The first kappa shape index (κ1) is 13.8. The van der Waals surface area contributed by atoms with Crippen LogP contribution >= 0.6 is 11.6 Å². The van der Waals surface area contributed by atoms with Gasteiger partial charge < -0.3 is 9.84 Å². The fraction of sp³-hybridized carbons (Fsp3) is 0.462. The number of carboxylic acids is 1. The van der Waals surface area contributed by atoms with Crippen LogP contribution in [0.25, 0.3) is 0 Å². The molecule has 0 aliphatic rings. The Morgan fingerprint density at radius 3 is 2.82 bits per heavy atom. The van der Waals surface area contributed by atoms with Crippen molar-refractivity contribution in [1.29, 1.82) is 0 Å². The summed E-state index contributed by atoms with van der Waals surface area (Å²) in [6.45, 7) is 1.99. The maximum atomic E-state index is 10.4. The Balaban J connectivity index is 2.69. The first-order valence-electron chi connectivity index (χ1n) is 5.55. The van der Waals surface area contributed by atoms with E-state index in [9.17, 15) is 4.79 Å². The molecule has 94 valence electrons. The number of aliphatic carboxylic acids is 1. The summed E-state index contributed by atoms with van der Waals surface area (Å²) in [5.41, 5.74) is 2.05. The lowest BCUT2D eigenvalue weighted by atomic mass is 10.0. The number of alkyl halides is 1. The molecule has 0 aromatic heterocycles. The van der Waals surface area contributed by atoms with Crippen molar-refractivity contribution in [2.45, 2.75) is 31.6 Å². The van der Waals surface area contributed by atoms with Crippen LogP contribution in [0.3, 0.4) is 0 Å². The fourth-order valence-electron chi connectivity index (χ4n) is 1.69. The van der Waals surface area contributed by atoms with E-state index in [1.807, 2.05) is 25.1 Å². The number of hydrogen-bond donors (Lipinski definition) is 1. The van der Waals surface area contributed by atoms with Crippen LogP contribution in [0.5, 0.6) is 5.75 Å². The largest absolute Gasteiger partial charge is 0.496 e. The van der Waals surface area contributed by atoms with E-state index >= 15 is 0 Å². The van der Waals surface area contributed by atoms with Gasteiger partial charge in [-0.15, -0.1) is 11.6 Å². The Bertz CT molecular complexity index is 390. The molecule has 0 aliphatic heterocycles. The molecule has 1 aromatic rings. The van der Waals surface area contributed by atoms with Gasteiger partial charge >= 0.3 is 5.97 Å². The molecule has 1 unspecified atom stereocenters. The SMILES string of the molecule is COc1ccc(C)cc1C(Cl)CCCC(=O)O. The van der Waals surface area contributed by atoms with Crippen molar-refractivity contribution in [3.63, 3.8) is 0 Å². The highest BCUT2D eigenvalue weighted by atomic mass is 35.5. The zero-order valence-corrected chi connectivity index (χ0v) is 10.8. The highest BCUT2D eigenvalue weighted by Crippen LogP contribution is 2.33. The third-order valence-corrected chi connectivity index (χ3v) is 3.02. The van der Waals surface area contributed by atoms with Crippen LogP contribution in [0, 0.1) is 6.92 Å². The van der Waals surface area contributed by atoms with E-state index in [2.05, 4.69) is 0 Å². The highest BCUT2D eigenvalue weighted by Gasteiger charge is 2.14. The number of ether oxygens (including phenoxy) is 1. The van der Waals surface area contributed by atoms with Crippen molar-refractivity contribution in [3.8, 4) is 5.75 Å². The number of carboxylic acid groups (broad SMARTS) is 1. The summed E-state index contributed by atoms with van der Waals surface area (Å²) in [5.74, 6) is -0.0315. The van der Waals surface area contributed by atoms with Crippen molar-refractivity contribution in [2.75, 3.05) is 7.11 Å². The van der Waals surface area contributed by atoms with Gasteiger partial charge in [0.1, 0.15) is 5.75 Å². The first-order chi connectivity index (χ1) is 8.04. The third kappa shape index (κ3) is 4.27. The van der Waals surface area contributed by atoms with Crippen LogP contribution in [-0.4, -0.2) is 18.2 Å². The molecule has 0 aliphatic carbocycles. The first-order valence-corrected chi connectivity index (χ1v) is 5.98. The van der Waals surface area contributed by atoms with Gasteiger partial charge in [0.15, 0.2) is 0 Å². The number of halogens is 1.